The van der Waals surface area contributed by atoms with Crippen molar-refractivity contribution < 1.29 is 30.0 Å². The average molecular weight is 691 g/mol. The Morgan fingerprint density at radius 1 is 1.02 bits per heavy atom. The van der Waals surface area contributed by atoms with Gasteiger partial charge in [0.1, 0.15) is 11.9 Å². The third kappa shape index (κ3) is 10.7. The molecule has 0 bridgehead atoms. The maximum atomic E-state index is 13.3. The molecule has 5 rings (SSSR count). The first kappa shape index (κ1) is 37.1. The topological polar surface area (TPSA) is 160 Å². The number of allylic oxidation sites excluding steroid dienone is 5. The minimum Gasteiger partial charge on any atom is -0.875 e. The molecule has 0 aliphatic carbocycles. The zero-order valence-electron chi connectivity index (χ0n) is 29.1. The summed E-state index contributed by atoms with van der Waals surface area (Å²) in [6, 6.07) is 16.5. The fourth-order valence-electron chi connectivity index (χ4n) is 6.33. The number of aliphatic imine (C=N–C) groups is 1. The number of aryl methyl sites for hydroxylation is 1. The zero-order chi connectivity index (χ0) is 36.2. The maximum Gasteiger partial charge on any atom is 0.161 e. The van der Waals surface area contributed by atoms with Gasteiger partial charge < -0.3 is 36.2 Å². The number of benzene rings is 3. The van der Waals surface area contributed by atoms with E-state index in [1.807, 2.05) is 48.7 Å². The molecule has 3 aromatic carbocycles. The fraction of sp³-hybridized carbons (Fsp3) is 0.333. The van der Waals surface area contributed by atoms with Crippen LogP contribution in [0.4, 0.5) is 0 Å². The number of nitrogens with one attached hydrogen (secondary N) is 1. The Hall–Kier alpha value is -5.12. The number of ether oxygens (including phenoxy) is 1. The highest BCUT2D eigenvalue weighted by Gasteiger charge is 2.22. The second-order valence-corrected chi connectivity index (χ2v) is 13.2. The van der Waals surface area contributed by atoms with Crippen LogP contribution in [0, 0.1) is 0 Å². The molecule has 0 amide bonds. The number of hydrogen-bond donors (Lipinski definition) is 5. The number of carbonyl (C=O) groups excluding carboxylic acids is 1. The van der Waals surface area contributed by atoms with Crippen molar-refractivity contribution in [1.29, 1.82) is 0 Å². The van der Waals surface area contributed by atoms with Crippen molar-refractivity contribution in [2.24, 2.45) is 10.7 Å². The Bertz CT molecular complexity index is 1810. The summed E-state index contributed by atoms with van der Waals surface area (Å²) < 4.78 is 6.00. The van der Waals surface area contributed by atoms with Crippen molar-refractivity contribution in [3.8, 4) is 17.2 Å². The van der Waals surface area contributed by atoms with Crippen LogP contribution < -0.4 is 20.9 Å². The minimum atomic E-state index is -0.433. The number of aliphatic hydroxyl groups is 1. The minimum absolute atomic E-state index is 0.0175. The largest absolute Gasteiger partial charge is 0.875 e. The van der Waals surface area contributed by atoms with Crippen LogP contribution >= 0.6 is 0 Å². The SMILES string of the molecule is C[C@H](O)CCCCC/C=C/C(=O)CCc1ccc(O)c(OCCc2ccc(O)c([C@H](CC([O-])=C3C=CN=C3)c3ccc4c(c3)C=CN[C@@H]4N)c2)c1. The van der Waals surface area contributed by atoms with Gasteiger partial charge in [0.15, 0.2) is 17.3 Å². The number of phenolic OH excluding ortho intramolecular Hbond substituents is 2. The van der Waals surface area contributed by atoms with Crippen LogP contribution in [0.5, 0.6) is 17.2 Å². The molecule has 0 radical (unpaired) electrons. The van der Waals surface area contributed by atoms with Crippen molar-refractivity contribution in [3.63, 3.8) is 0 Å². The van der Waals surface area contributed by atoms with Crippen molar-refractivity contribution in [2.75, 3.05) is 6.61 Å². The molecule has 2 heterocycles. The van der Waals surface area contributed by atoms with Crippen LogP contribution in [-0.2, 0) is 17.6 Å². The van der Waals surface area contributed by atoms with Crippen LogP contribution in [0.2, 0.25) is 0 Å². The lowest BCUT2D eigenvalue weighted by Gasteiger charge is -2.27. The molecular weight excluding hydrogens is 642 g/mol. The molecule has 0 saturated heterocycles. The number of nitrogens with two attached hydrogens (primary N) is 1. The Labute approximate surface area is 300 Å². The van der Waals surface area contributed by atoms with Crippen LogP contribution in [0.25, 0.3) is 6.08 Å². The highest BCUT2D eigenvalue weighted by Crippen LogP contribution is 2.38. The number of aromatic hydroxyl groups is 2. The molecule has 51 heavy (non-hydrogen) atoms. The molecule has 0 aromatic heterocycles. The number of unbranched alkanes of at least 4 members (excludes halogenated alkanes) is 3. The lowest BCUT2D eigenvalue weighted by Crippen LogP contribution is -2.27. The predicted octanol–water partition coefficient (Wildman–Crippen LogP) is 6.37. The van der Waals surface area contributed by atoms with Gasteiger partial charge in [-0.2, -0.15) is 0 Å². The van der Waals surface area contributed by atoms with Gasteiger partial charge in [-0.3, -0.25) is 9.79 Å². The zero-order valence-corrected chi connectivity index (χ0v) is 29.1. The Kier molecular flexibility index (Phi) is 13.3. The predicted molar refractivity (Wildman–Crippen MR) is 199 cm³/mol. The van der Waals surface area contributed by atoms with Crippen LogP contribution in [0.15, 0.2) is 102 Å². The normalized spacial score (nSPS) is 17.0. The highest BCUT2D eigenvalue weighted by molar-refractivity contribution is 5.89. The summed E-state index contributed by atoms with van der Waals surface area (Å²) in [6.07, 6.45) is 17.7. The molecule has 0 fully saturated rings. The van der Waals surface area contributed by atoms with E-state index in [1.165, 1.54) is 0 Å². The van der Waals surface area contributed by atoms with E-state index in [4.69, 9.17) is 10.5 Å². The molecule has 268 valence electrons. The number of aliphatic hydroxyl groups excluding tert-OH is 1. The lowest BCUT2D eigenvalue weighted by molar-refractivity contribution is -0.307. The van der Waals surface area contributed by atoms with Gasteiger partial charge in [0.25, 0.3) is 0 Å². The fourth-order valence-corrected chi connectivity index (χ4v) is 6.33. The third-order valence-electron chi connectivity index (χ3n) is 9.25. The summed E-state index contributed by atoms with van der Waals surface area (Å²) in [5, 5.41) is 47.4. The molecule has 3 aromatic rings. The number of phenols is 2. The summed E-state index contributed by atoms with van der Waals surface area (Å²) in [5.41, 5.74) is 11.9. The van der Waals surface area contributed by atoms with Gasteiger partial charge in [-0.1, -0.05) is 55.3 Å². The molecule has 0 saturated carbocycles. The van der Waals surface area contributed by atoms with E-state index in [9.17, 15) is 25.2 Å². The number of carbonyl (C=O) groups is 1. The van der Waals surface area contributed by atoms with E-state index in [-0.39, 0.29) is 48.3 Å². The van der Waals surface area contributed by atoms with Crippen LogP contribution in [-0.4, -0.2) is 40.0 Å². The van der Waals surface area contributed by atoms with E-state index in [0.29, 0.717) is 36.1 Å². The van der Waals surface area contributed by atoms with Gasteiger partial charge in [0.05, 0.1) is 12.7 Å². The van der Waals surface area contributed by atoms with Crippen molar-refractivity contribution in [2.45, 2.75) is 82.9 Å². The lowest BCUT2D eigenvalue weighted by atomic mass is 9.83. The first-order chi connectivity index (χ1) is 24.7. The number of ketones is 1. The molecule has 0 unspecified atom stereocenters. The maximum absolute atomic E-state index is 13.3. The number of hydrogen-bond acceptors (Lipinski definition) is 9. The molecule has 9 nitrogen and oxygen atoms in total. The molecule has 2 aliphatic rings. The molecule has 0 spiro atoms. The van der Waals surface area contributed by atoms with Gasteiger partial charge in [0.2, 0.25) is 0 Å². The van der Waals surface area contributed by atoms with Crippen LogP contribution in [0.1, 0.15) is 97.3 Å². The standard InChI is InChI=1S/C42H49N3O6/c1-28(46)7-5-3-2-4-6-8-34(47)13-9-29-11-16-39(49)41(24-29)51-22-19-30-10-15-38(48)37(23-30)36(26-40(50)33-17-20-44-27-33)31-12-14-35-32(25-31)18-21-45-42(35)43/h6,8,10-12,14-18,20-21,23-25,27-28,36,42,45-46,48-50H,2-5,7,9,13,19,22,26,43H2,1H3/p-1/b8-6+,40-33?/t28-,36+,42-/m0/s1. The second kappa shape index (κ2) is 18.2. The van der Waals surface area contributed by atoms with E-state index in [0.717, 1.165) is 59.9 Å². The quantitative estimate of drug-likeness (QED) is 0.0585. The second-order valence-electron chi connectivity index (χ2n) is 13.2. The van der Waals surface area contributed by atoms with Crippen molar-refractivity contribution in [1.82, 2.24) is 5.32 Å². The van der Waals surface area contributed by atoms with Gasteiger partial charge in [-0.15, -0.1) is 5.76 Å². The highest BCUT2D eigenvalue weighted by atomic mass is 16.5. The number of rotatable bonds is 18. The Morgan fingerprint density at radius 3 is 2.61 bits per heavy atom. The molecule has 3 atom stereocenters. The van der Waals surface area contributed by atoms with Gasteiger partial charge in [-0.05, 0) is 115 Å². The smallest absolute Gasteiger partial charge is 0.161 e. The summed E-state index contributed by atoms with van der Waals surface area (Å²) in [4.78, 5) is 16.5. The molecule has 2 aliphatic heterocycles. The van der Waals surface area contributed by atoms with E-state index < -0.39 is 5.92 Å². The summed E-state index contributed by atoms with van der Waals surface area (Å²) in [6.45, 7) is 2.06. The van der Waals surface area contributed by atoms with E-state index >= 15 is 0 Å². The first-order valence-corrected chi connectivity index (χ1v) is 17.7. The first-order valence-electron chi connectivity index (χ1n) is 17.7. The monoisotopic (exact) mass is 690 g/mol. The van der Waals surface area contributed by atoms with Crippen molar-refractivity contribution >= 4 is 18.1 Å². The average Bonchev–Trinajstić information content (AvgIpc) is 3.67. The van der Waals surface area contributed by atoms with Gasteiger partial charge in [-0.25, -0.2) is 0 Å². The van der Waals surface area contributed by atoms with Crippen LogP contribution in [0.3, 0.4) is 0 Å². The summed E-state index contributed by atoms with van der Waals surface area (Å²) in [7, 11) is 0. The van der Waals surface area contributed by atoms with E-state index in [2.05, 4.69) is 10.3 Å². The summed E-state index contributed by atoms with van der Waals surface area (Å²) >= 11 is 0. The van der Waals surface area contributed by atoms with Crippen molar-refractivity contribution in [3.05, 3.63) is 130 Å². The molecule has 9 heteroatoms. The van der Waals surface area contributed by atoms with Gasteiger partial charge >= 0.3 is 0 Å². The Morgan fingerprint density at radius 2 is 1.82 bits per heavy atom. The molecule has 6 N–H and O–H groups in total. The van der Waals surface area contributed by atoms with Gasteiger partial charge in [0, 0.05) is 36.7 Å². The number of fused-ring (bicyclic) bond motifs is 1. The Balaban J connectivity index is 1.22. The summed E-state index contributed by atoms with van der Waals surface area (Å²) in [5.74, 6) is -0.0107. The third-order valence-corrected chi connectivity index (χ3v) is 9.25. The van der Waals surface area contributed by atoms with E-state index in [1.54, 1.807) is 55.8 Å². The number of nitrogens with zero attached hydrogens (tertiary/aromatic N) is 1. The molecular formula is C42H48N3O6-.